The Hall–Kier alpha value is -3.04. The number of piperidine rings is 1. The van der Waals surface area contributed by atoms with Crippen LogP contribution in [0.4, 0.5) is 5.88 Å². The number of aromatic nitrogens is 2. The largest absolute Gasteiger partial charge is 0.419 e. The maximum Gasteiger partial charge on any atom is 0.250 e. The summed E-state index contributed by atoms with van der Waals surface area (Å²) in [6.45, 7) is 2.12. The maximum atomic E-state index is 12.2. The highest BCUT2D eigenvalue weighted by atomic mass is 35.5. The minimum absolute atomic E-state index is 0.0567. The number of rotatable bonds is 2. The summed E-state index contributed by atoms with van der Waals surface area (Å²) in [5, 5.41) is 10.2. The van der Waals surface area contributed by atoms with Gasteiger partial charge in [-0.15, -0.1) is 0 Å². The molecule has 0 N–H and O–H groups in total. The second-order valence-electron chi connectivity index (χ2n) is 7.40. The van der Waals surface area contributed by atoms with Gasteiger partial charge in [-0.3, -0.25) is 4.79 Å². The zero-order valence-electron chi connectivity index (χ0n) is 15.0. The van der Waals surface area contributed by atoms with Gasteiger partial charge < -0.3 is 13.9 Å². The van der Waals surface area contributed by atoms with E-state index in [4.69, 9.17) is 16.0 Å². The van der Waals surface area contributed by atoms with Crippen LogP contribution in [0.1, 0.15) is 23.7 Å². The standard InChI is InChI=1S/C21H17ClN4O2/c22-16-4-1-3-14(8-16)20-24-17(9-23)21(28-20)25-10-13-7-15(12-25)18-5-2-6-19(27)26(18)11-13/h1-6,8,13,15H,7,10-12H2/t13-,15-/m0/s1. The molecule has 2 atom stereocenters. The van der Waals surface area contributed by atoms with Gasteiger partial charge in [0.1, 0.15) is 6.07 Å². The third-order valence-electron chi connectivity index (χ3n) is 5.55. The van der Waals surface area contributed by atoms with Crippen LogP contribution in [0.5, 0.6) is 0 Å². The Kier molecular flexibility index (Phi) is 3.99. The first-order valence-corrected chi connectivity index (χ1v) is 9.61. The monoisotopic (exact) mass is 392 g/mol. The molecule has 2 aliphatic heterocycles. The van der Waals surface area contributed by atoms with Crippen LogP contribution in [0.25, 0.3) is 11.5 Å². The minimum Gasteiger partial charge on any atom is -0.419 e. The fraction of sp³-hybridized carbons (Fsp3) is 0.286. The van der Waals surface area contributed by atoms with Gasteiger partial charge in [0.2, 0.25) is 17.5 Å². The summed E-state index contributed by atoms with van der Waals surface area (Å²) in [6.07, 6.45) is 1.04. The molecule has 1 saturated heterocycles. The van der Waals surface area contributed by atoms with Crippen molar-refractivity contribution in [1.29, 1.82) is 5.26 Å². The highest BCUT2D eigenvalue weighted by molar-refractivity contribution is 6.30. The molecule has 4 heterocycles. The van der Waals surface area contributed by atoms with E-state index < -0.39 is 0 Å². The van der Waals surface area contributed by atoms with E-state index >= 15 is 0 Å². The van der Waals surface area contributed by atoms with Crippen molar-refractivity contribution in [2.24, 2.45) is 5.92 Å². The second-order valence-corrected chi connectivity index (χ2v) is 7.83. The van der Waals surface area contributed by atoms with Gasteiger partial charge in [-0.25, -0.2) is 0 Å². The Labute approximate surface area is 166 Å². The van der Waals surface area contributed by atoms with E-state index in [0.717, 1.165) is 24.2 Å². The molecule has 140 valence electrons. The number of halogens is 1. The summed E-state index contributed by atoms with van der Waals surface area (Å²) >= 11 is 6.08. The fourth-order valence-electron chi connectivity index (χ4n) is 4.41. The molecule has 0 spiro atoms. The Morgan fingerprint density at radius 3 is 2.86 bits per heavy atom. The van der Waals surface area contributed by atoms with Crippen molar-refractivity contribution in [3.05, 3.63) is 69.2 Å². The van der Waals surface area contributed by atoms with Crippen LogP contribution in [0.15, 0.2) is 51.7 Å². The molecule has 1 aromatic carbocycles. The lowest BCUT2D eigenvalue weighted by Gasteiger charge is -2.42. The normalized spacial score (nSPS) is 20.5. The molecule has 1 fully saturated rings. The molecule has 2 bridgehead atoms. The van der Waals surface area contributed by atoms with Gasteiger partial charge >= 0.3 is 0 Å². The zero-order valence-corrected chi connectivity index (χ0v) is 15.8. The summed E-state index contributed by atoms with van der Waals surface area (Å²) in [5.74, 6) is 1.45. The molecule has 0 amide bonds. The van der Waals surface area contributed by atoms with Crippen molar-refractivity contribution in [3.63, 3.8) is 0 Å². The van der Waals surface area contributed by atoms with Gasteiger partial charge in [0.25, 0.3) is 5.56 Å². The van der Waals surface area contributed by atoms with Gasteiger partial charge in [-0.1, -0.05) is 23.7 Å². The van der Waals surface area contributed by atoms with Crippen molar-refractivity contribution in [1.82, 2.24) is 9.55 Å². The lowest BCUT2D eigenvalue weighted by molar-refractivity contribution is 0.275. The summed E-state index contributed by atoms with van der Waals surface area (Å²) in [6, 6.07) is 14.9. The van der Waals surface area contributed by atoms with Crippen molar-refractivity contribution >= 4 is 17.5 Å². The van der Waals surface area contributed by atoms with Gasteiger partial charge in [-0.05, 0) is 36.6 Å². The van der Waals surface area contributed by atoms with E-state index in [1.54, 1.807) is 18.2 Å². The predicted molar refractivity (Wildman–Crippen MR) is 105 cm³/mol. The zero-order chi connectivity index (χ0) is 19.3. The van der Waals surface area contributed by atoms with Crippen LogP contribution in [-0.4, -0.2) is 22.6 Å². The van der Waals surface area contributed by atoms with Gasteiger partial charge in [0, 0.05) is 47.9 Å². The molecule has 28 heavy (non-hydrogen) atoms. The van der Waals surface area contributed by atoms with Crippen LogP contribution in [-0.2, 0) is 6.54 Å². The van der Waals surface area contributed by atoms with Crippen LogP contribution in [0, 0.1) is 17.2 Å². The lowest BCUT2D eigenvalue weighted by atomic mass is 9.83. The molecule has 2 aromatic heterocycles. The fourth-order valence-corrected chi connectivity index (χ4v) is 4.60. The molecule has 0 unspecified atom stereocenters. The molecule has 0 aliphatic carbocycles. The van der Waals surface area contributed by atoms with E-state index in [-0.39, 0.29) is 17.2 Å². The molecular formula is C21H17ClN4O2. The number of pyridine rings is 1. The number of oxazole rings is 1. The van der Waals surface area contributed by atoms with Gasteiger partial charge in [-0.2, -0.15) is 10.2 Å². The first-order chi connectivity index (χ1) is 13.6. The smallest absolute Gasteiger partial charge is 0.250 e. The summed E-state index contributed by atoms with van der Waals surface area (Å²) in [5.41, 5.74) is 2.13. The summed E-state index contributed by atoms with van der Waals surface area (Å²) in [4.78, 5) is 18.7. The van der Waals surface area contributed by atoms with E-state index in [9.17, 15) is 10.1 Å². The highest BCUT2D eigenvalue weighted by Gasteiger charge is 2.36. The number of nitrogens with zero attached hydrogens (tertiary/aromatic N) is 4. The average molecular weight is 393 g/mol. The van der Waals surface area contributed by atoms with Crippen molar-refractivity contribution in [2.75, 3.05) is 18.0 Å². The molecule has 0 saturated carbocycles. The van der Waals surface area contributed by atoms with E-state index in [1.165, 1.54) is 0 Å². The lowest BCUT2D eigenvalue weighted by Crippen LogP contribution is -2.47. The maximum absolute atomic E-state index is 12.2. The summed E-state index contributed by atoms with van der Waals surface area (Å²) in [7, 11) is 0. The third-order valence-corrected chi connectivity index (χ3v) is 5.79. The topological polar surface area (TPSA) is 75.1 Å². The molecular weight excluding hydrogens is 376 g/mol. The minimum atomic E-state index is 0.0567. The van der Waals surface area contributed by atoms with Crippen molar-refractivity contribution in [2.45, 2.75) is 18.9 Å². The molecule has 6 nitrogen and oxygen atoms in total. The Bertz CT molecular complexity index is 1160. The highest BCUT2D eigenvalue weighted by Crippen LogP contribution is 2.39. The molecule has 0 radical (unpaired) electrons. The summed E-state index contributed by atoms with van der Waals surface area (Å²) < 4.78 is 7.92. The Morgan fingerprint density at radius 2 is 2.04 bits per heavy atom. The van der Waals surface area contributed by atoms with Crippen LogP contribution in [0.3, 0.4) is 0 Å². The van der Waals surface area contributed by atoms with Crippen molar-refractivity contribution < 1.29 is 4.42 Å². The number of hydrogen-bond acceptors (Lipinski definition) is 5. The predicted octanol–water partition coefficient (Wildman–Crippen LogP) is 3.65. The Morgan fingerprint density at radius 1 is 1.18 bits per heavy atom. The van der Waals surface area contributed by atoms with Crippen LogP contribution in [0.2, 0.25) is 5.02 Å². The van der Waals surface area contributed by atoms with Gasteiger partial charge in [0.05, 0.1) is 0 Å². The second kappa shape index (κ2) is 6.54. The van der Waals surface area contributed by atoms with E-state index in [2.05, 4.69) is 16.0 Å². The van der Waals surface area contributed by atoms with Crippen LogP contribution >= 0.6 is 11.6 Å². The number of fused-ring (bicyclic) bond motifs is 4. The van der Waals surface area contributed by atoms with E-state index in [1.807, 2.05) is 28.8 Å². The van der Waals surface area contributed by atoms with E-state index in [0.29, 0.717) is 35.8 Å². The molecule has 5 rings (SSSR count). The number of anilines is 1. The van der Waals surface area contributed by atoms with Crippen LogP contribution < -0.4 is 10.5 Å². The molecule has 3 aromatic rings. The quantitative estimate of drug-likeness (QED) is 0.665. The van der Waals surface area contributed by atoms with Crippen molar-refractivity contribution in [3.8, 4) is 17.5 Å². The Balaban J connectivity index is 1.51. The van der Waals surface area contributed by atoms with Gasteiger partial charge in [0.15, 0.2) is 0 Å². The first kappa shape index (κ1) is 17.1. The third kappa shape index (κ3) is 2.79. The number of nitriles is 1. The molecule has 7 heteroatoms. The number of hydrogen-bond donors (Lipinski definition) is 0. The average Bonchev–Trinajstić information content (AvgIpc) is 3.13. The molecule has 2 aliphatic rings. The number of benzene rings is 1. The first-order valence-electron chi connectivity index (χ1n) is 9.24. The SMILES string of the molecule is N#Cc1nc(-c2cccc(Cl)c2)oc1N1C[C@@H]2C[C@@H](C1)c1cccc(=O)n1C2.